The van der Waals surface area contributed by atoms with Gasteiger partial charge >= 0.3 is 5.97 Å². The molecule has 1 aliphatic rings. The molecular formula is C28H23FN2O5S. The van der Waals surface area contributed by atoms with Crippen LogP contribution in [-0.2, 0) is 9.53 Å². The summed E-state index contributed by atoms with van der Waals surface area (Å²) in [5.41, 5.74) is 1.93. The summed E-state index contributed by atoms with van der Waals surface area (Å²) in [6.45, 7) is 3.67. The number of esters is 1. The van der Waals surface area contributed by atoms with Gasteiger partial charge in [-0.3, -0.25) is 9.36 Å². The third-order valence-electron chi connectivity index (χ3n) is 5.98. The maximum atomic E-state index is 13.7. The van der Waals surface area contributed by atoms with E-state index in [1.807, 2.05) is 12.1 Å². The summed E-state index contributed by atoms with van der Waals surface area (Å²) in [5, 5.41) is 0. The Kier molecular flexibility index (Phi) is 6.62. The first-order chi connectivity index (χ1) is 17.9. The number of methoxy groups -OCH3 is 1. The highest BCUT2D eigenvalue weighted by Gasteiger charge is 2.33. The normalized spacial score (nSPS) is 15.4. The van der Waals surface area contributed by atoms with E-state index < -0.39 is 12.0 Å². The molecule has 0 radical (unpaired) electrons. The maximum Gasteiger partial charge on any atom is 0.338 e. The lowest BCUT2D eigenvalue weighted by Gasteiger charge is -2.24. The average Bonchev–Trinajstić information content (AvgIpc) is 3.48. The highest BCUT2D eigenvalue weighted by atomic mass is 32.1. The first kappa shape index (κ1) is 24.5. The number of furan rings is 1. The van der Waals surface area contributed by atoms with Gasteiger partial charge in [-0.25, -0.2) is 14.2 Å². The van der Waals surface area contributed by atoms with Gasteiger partial charge in [-0.15, -0.1) is 0 Å². The van der Waals surface area contributed by atoms with Crippen molar-refractivity contribution < 1.29 is 23.1 Å². The Morgan fingerprint density at radius 2 is 1.86 bits per heavy atom. The molecule has 0 spiro atoms. The molecule has 1 aliphatic heterocycles. The SMILES string of the molecule is CCOC(=O)C1=C(C)N=c2sc(=Cc3ccc(-c4ccc(F)cc4)o3)c(=O)n2[C@H]1c1ccc(OC)cc1. The molecule has 37 heavy (non-hydrogen) atoms. The molecule has 7 nitrogen and oxygen atoms in total. The summed E-state index contributed by atoms with van der Waals surface area (Å²) in [6, 6.07) is 16.0. The van der Waals surface area contributed by atoms with Crippen LogP contribution in [0.25, 0.3) is 17.4 Å². The zero-order valence-electron chi connectivity index (χ0n) is 20.4. The van der Waals surface area contributed by atoms with Gasteiger partial charge in [0, 0.05) is 11.6 Å². The molecule has 0 amide bonds. The Morgan fingerprint density at radius 3 is 2.54 bits per heavy atom. The molecule has 0 saturated carbocycles. The molecule has 0 aliphatic carbocycles. The number of allylic oxidation sites excluding steroid dienone is 1. The van der Waals surface area contributed by atoms with E-state index in [9.17, 15) is 14.0 Å². The zero-order chi connectivity index (χ0) is 26.1. The number of thiazole rings is 1. The van der Waals surface area contributed by atoms with Gasteiger partial charge < -0.3 is 13.9 Å². The predicted octanol–water partition coefficient (Wildman–Crippen LogP) is 4.21. The first-order valence-corrected chi connectivity index (χ1v) is 12.4. The minimum Gasteiger partial charge on any atom is -0.497 e. The molecule has 0 saturated heterocycles. The van der Waals surface area contributed by atoms with E-state index in [0.717, 1.165) is 11.1 Å². The Morgan fingerprint density at radius 1 is 1.14 bits per heavy atom. The first-order valence-electron chi connectivity index (χ1n) is 11.6. The van der Waals surface area contributed by atoms with E-state index in [-0.39, 0.29) is 18.0 Å². The number of benzene rings is 2. The number of ether oxygens (including phenoxy) is 2. The van der Waals surface area contributed by atoms with Crippen molar-refractivity contribution in [1.29, 1.82) is 0 Å². The van der Waals surface area contributed by atoms with Crippen LogP contribution in [-0.4, -0.2) is 24.3 Å². The molecule has 188 valence electrons. The highest BCUT2D eigenvalue weighted by Crippen LogP contribution is 2.31. The molecule has 0 bridgehead atoms. The smallest absolute Gasteiger partial charge is 0.338 e. The number of aromatic nitrogens is 1. The molecular weight excluding hydrogens is 495 g/mol. The molecule has 0 fully saturated rings. The van der Waals surface area contributed by atoms with Crippen molar-refractivity contribution >= 4 is 23.4 Å². The van der Waals surface area contributed by atoms with E-state index >= 15 is 0 Å². The number of rotatable bonds is 6. The fraction of sp³-hybridized carbons (Fsp3) is 0.179. The quantitative estimate of drug-likeness (QED) is 0.357. The maximum absolute atomic E-state index is 13.7. The van der Waals surface area contributed by atoms with Crippen LogP contribution in [0.4, 0.5) is 4.39 Å². The van der Waals surface area contributed by atoms with E-state index in [4.69, 9.17) is 13.9 Å². The number of nitrogens with zero attached hydrogens (tertiary/aromatic N) is 2. The van der Waals surface area contributed by atoms with Crippen molar-refractivity contribution in [2.75, 3.05) is 13.7 Å². The lowest BCUT2D eigenvalue weighted by Crippen LogP contribution is -2.39. The number of fused-ring (bicyclic) bond motifs is 1. The summed E-state index contributed by atoms with van der Waals surface area (Å²) in [6.07, 6.45) is 1.64. The summed E-state index contributed by atoms with van der Waals surface area (Å²) >= 11 is 1.21. The van der Waals surface area contributed by atoms with Crippen LogP contribution in [0.3, 0.4) is 0 Å². The molecule has 2 aromatic heterocycles. The van der Waals surface area contributed by atoms with Crippen molar-refractivity contribution in [2.24, 2.45) is 4.99 Å². The Labute approximate surface area is 215 Å². The largest absolute Gasteiger partial charge is 0.497 e. The predicted molar refractivity (Wildman–Crippen MR) is 137 cm³/mol. The monoisotopic (exact) mass is 518 g/mol. The average molecular weight is 519 g/mol. The summed E-state index contributed by atoms with van der Waals surface area (Å²) in [7, 11) is 1.57. The van der Waals surface area contributed by atoms with Crippen LogP contribution >= 0.6 is 11.3 Å². The number of halogens is 1. The van der Waals surface area contributed by atoms with Crippen LogP contribution in [0.5, 0.6) is 5.75 Å². The molecule has 5 rings (SSSR count). The second kappa shape index (κ2) is 10.0. The number of hydrogen-bond acceptors (Lipinski definition) is 7. The molecule has 4 aromatic rings. The van der Waals surface area contributed by atoms with Gasteiger partial charge in [-0.2, -0.15) is 0 Å². The van der Waals surface area contributed by atoms with Crippen molar-refractivity contribution in [3.63, 3.8) is 0 Å². The topological polar surface area (TPSA) is 83.0 Å². The Hall–Kier alpha value is -4.24. The number of carbonyl (C=O) groups excluding carboxylic acids is 1. The molecule has 0 N–H and O–H groups in total. The van der Waals surface area contributed by atoms with Crippen molar-refractivity contribution in [2.45, 2.75) is 19.9 Å². The lowest BCUT2D eigenvalue weighted by molar-refractivity contribution is -0.139. The fourth-order valence-corrected chi connectivity index (χ4v) is 5.25. The standard InChI is InChI=1S/C28H23FN2O5S/c1-4-35-27(33)24-16(2)30-28-31(25(24)18-7-11-20(34-3)12-8-18)26(32)23(37-28)15-21-13-14-22(36-21)17-5-9-19(29)10-6-17/h5-15,25H,4H2,1-3H3/t25-/m0/s1. The van der Waals surface area contributed by atoms with Crippen molar-refractivity contribution in [3.05, 3.63) is 109 Å². The van der Waals surface area contributed by atoms with Crippen LogP contribution in [0.2, 0.25) is 0 Å². The van der Waals surface area contributed by atoms with Crippen LogP contribution < -0.4 is 19.6 Å². The molecule has 2 aromatic carbocycles. The lowest BCUT2D eigenvalue weighted by atomic mass is 9.96. The molecule has 9 heteroatoms. The fourth-order valence-electron chi connectivity index (χ4n) is 4.22. The van der Waals surface area contributed by atoms with Gasteiger partial charge in [-0.1, -0.05) is 23.5 Å². The third kappa shape index (κ3) is 4.65. The van der Waals surface area contributed by atoms with E-state index in [0.29, 0.717) is 37.9 Å². The second-order valence-electron chi connectivity index (χ2n) is 8.28. The minimum absolute atomic E-state index is 0.199. The number of carbonyl (C=O) groups is 1. The molecule has 1 atom stereocenters. The van der Waals surface area contributed by atoms with Crippen LogP contribution in [0.15, 0.2) is 86.1 Å². The van der Waals surface area contributed by atoms with Crippen LogP contribution in [0, 0.1) is 5.82 Å². The van der Waals surface area contributed by atoms with Crippen molar-refractivity contribution in [1.82, 2.24) is 4.57 Å². The second-order valence-corrected chi connectivity index (χ2v) is 9.29. The van der Waals surface area contributed by atoms with Gasteiger partial charge in [0.15, 0.2) is 4.80 Å². The van der Waals surface area contributed by atoms with E-state index in [1.165, 1.54) is 28.0 Å². The number of hydrogen-bond donors (Lipinski definition) is 0. The van der Waals surface area contributed by atoms with Gasteiger partial charge in [0.25, 0.3) is 5.56 Å². The van der Waals surface area contributed by atoms with Gasteiger partial charge in [0.1, 0.15) is 23.1 Å². The Balaban J connectivity index is 1.62. The van der Waals surface area contributed by atoms with Crippen LogP contribution in [0.1, 0.15) is 31.2 Å². The summed E-state index contributed by atoms with van der Waals surface area (Å²) < 4.78 is 31.7. The summed E-state index contributed by atoms with van der Waals surface area (Å²) in [4.78, 5) is 31.7. The van der Waals surface area contributed by atoms with Gasteiger partial charge in [0.2, 0.25) is 0 Å². The van der Waals surface area contributed by atoms with Crippen molar-refractivity contribution in [3.8, 4) is 17.1 Å². The minimum atomic E-state index is -0.713. The van der Waals surface area contributed by atoms with E-state index in [1.54, 1.807) is 63.4 Å². The highest BCUT2D eigenvalue weighted by molar-refractivity contribution is 7.07. The third-order valence-corrected chi connectivity index (χ3v) is 6.96. The zero-order valence-corrected chi connectivity index (χ0v) is 21.2. The molecule has 3 heterocycles. The summed E-state index contributed by atoms with van der Waals surface area (Å²) in [5.74, 6) is 0.821. The Bertz CT molecular complexity index is 1680. The molecule has 0 unspecified atom stereocenters. The van der Waals surface area contributed by atoms with Gasteiger partial charge in [-0.05, 0) is 67.9 Å². The van der Waals surface area contributed by atoms with Gasteiger partial charge in [0.05, 0.1) is 35.6 Å². The van der Waals surface area contributed by atoms with E-state index in [2.05, 4.69) is 4.99 Å².